The molecular formula is C19H21N5OS. The van der Waals surface area contributed by atoms with Crippen LogP contribution in [-0.2, 0) is 4.74 Å². The molecule has 5 rings (SSSR count). The molecule has 134 valence electrons. The predicted octanol–water partition coefficient (Wildman–Crippen LogP) is 3.19. The van der Waals surface area contributed by atoms with Gasteiger partial charge in [-0.3, -0.25) is 0 Å². The monoisotopic (exact) mass is 367 g/mol. The molecule has 0 amide bonds. The number of aromatic nitrogens is 3. The van der Waals surface area contributed by atoms with E-state index in [1.54, 1.807) is 11.3 Å². The third-order valence-electron chi connectivity index (χ3n) is 5.02. The summed E-state index contributed by atoms with van der Waals surface area (Å²) in [6.45, 7) is 5.55. The topological polar surface area (TPSA) is 54.4 Å². The molecule has 5 heterocycles. The van der Waals surface area contributed by atoms with Crippen LogP contribution in [-0.4, -0.2) is 54.3 Å². The minimum atomic E-state index is 0.767. The minimum Gasteiger partial charge on any atom is -0.378 e. The lowest BCUT2D eigenvalue weighted by Crippen LogP contribution is -2.36. The highest BCUT2D eigenvalue weighted by Crippen LogP contribution is 2.32. The minimum absolute atomic E-state index is 0.767. The largest absolute Gasteiger partial charge is 0.378 e. The van der Waals surface area contributed by atoms with Crippen LogP contribution < -0.4 is 9.80 Å². The first-order chi connectivity index (χ1) is 12.9. The van der Waals surface area contributed by atoms with Crippen LogP contribution >= 0.6 is 11.3 Å². The van der Waals surface area contributed by atoms with Gasteiger partial charge >= 0.3 is 0 Å². The third-order valence-corrected chi connectivity index (χ3v) is 6.09. The highest BCUT2D eigenvalue weighted by Gasteiger charge is 2.16. The molecule has 2 aliphatic heterocycles. The second kappa shape index (κ2) is 6.81. The van der Waals surface area contributed by atoms with E-state index in [0.29, 0.717) is 0 Å². The SMILES string of the molecule is c1cc(N2CCCC2)ncc1-c1nc2cnc(N3CCOCC3)cc2s1. The Labute approximate surface area is 156 Å². The van der Waals surface area contributed by atoms with Gasteiger partial charge in [-0.1, -0.05) is 0 Å². The van der Waals surface area contributed by atoms with Gasteiger partial charge < -0.3 is 14.5 Å². The van der Waals surface area contributed by atoms with Crippen molar-refractivity contribution < 1.29 is 4.74 Å². The molecule has 3 aromatic heterocycles. The van der Waals surface area contributed by atoms with Gasteiger partial charge in [-0.25, -0.2) is 15.0 Å². The van der Waals surface area contributed by atoms with Crippen LogP contribution in [0.15, 0.2) is 30.6 Å². The zero-order chi connectivity index (χ0) is 17.3. The van der Waals surface area contributed by atoms with Crippen molar-refractivity contribution in [1.82, 2.24) is 15.0 Å². The van der Waals surface area contributed by atoms with Crippen molar-refractivity contribution in [3.63, 3.8) is 0 Å². The first kappa shape index (κ1) is 16.0. The predicted molar refractivity (Wildman–Crippen MR) is 105 cm³/mol. The molecular weight excluding hydrogens is 346 g/mol. The molecule has 2 saturated heterocycles. The average Bonchev–Trinajstić information content (AvgIpc) is 3.38. The molecule has 26 heavy (non-hydrogen) atoms. The van der Waals surface area contributed by atoms with E-state index in [4.69, 9.17) is 9.72 Å². The van der Waals surface area contributed by atoms with Crippen molar-refractivity contribution in [2.75, 3.05) is 49.2 Å². The number of hydrogen-bond acceptors (Lipinski definition) is 7. The Morgan fingerprint density at radius 1 is 0.885 bits per heavy atom. The van der Waals surface area contributed by atoms with Gasteiger partial charge in [0, 0.05) is 44.0 Å². The van der Waals surface area contributed by atoms with E-state index in [9.17, 15) is 0 Å². The fraction of sp³-hybridized carbons (Fsp3) is 0.421. The molecule has 0 aliphatic carbocycles. The number of fused-ring (bicyclic) bond motifs is 1. The van der Waals surface area contributed by atoms with Crippen molar-refractivity contribution in [3.8, 4) is 10.6 Å². The molecule has 0 N–H and O–H groups in total. The first-order valence-electron chi connectivity index (χ1n) is 9.17. The Balaban J connectivity index is 1.41. The van der Waals surface area contributed by atoms with Gasteiger partial charge in [0.2, 0.25) is 0 Å². The van der Waals surface area contributed by atoms with E-state index < -0.39 is 0 Å². The number of ether oxygens (including phenoxy) is 1. The Bertz CT molecular complexity index is 898. The van der Waals surface area contributed by atoms with E-state index >= 15 is 0 Å². The van der Waals surface area contributed by atoms with Crippen LogP contribution in [0.3, 0.4) is 0 Å². The van der Waals surface area contributed by atoms with Crippen LogP contribution in [0.25, 0.3) is 20.8 Å². The quantitative estimate of drug-likeness (QED) is 0.709. The lowest BCUT2D eigenvalue weighted by molar-refractivity contribution is 0.122. The molecule has 0 unspecified atom stereocenters. The molecule has 7 heteroatoms. The molecule has 0 spiro atoms. The van der Waals surface area contributed by atoms with E-state index in [1.807, 2.05) is 12.4 Å². The van der Waals surface area contributed by atoms with Crippen LogP contribution in [0.2, 0.25) is 0 Å². The summed E-state index contributed by atoms with van der Waals surface area (Å²) in [5.74, 6) is 2.09. The summed E-state index contributed by atoms with van der Waals surface area (Å²) in [7, 11) is 0. The van der Waals surface area contributed by atoms with Gasteiger partial charge in [-0.2, -0.15) is 0 Å². The van der Waals surface area contributed by atoms with Crippen LogP contribution in [0.5, 0.6) is 0 Å². The fourth-order valence-corrected chi connectivity index (χ4v) is 4.51. The molecule has 0 radical (unpaired) electrons. The second-order valence-electron chi connectivity index (χ2n) is 6.73. The Kier molecular flexibility index (Phi) is 4.18. The molecule has 0 atom stereocenters. The first-order valence-corrected chi connectivity index (χ1v) is 9.99. The fourth-order valence-electron chi connectivity index (χ4n) is 3.56. The summed E-state index contributed by atoms with van der Waals surface area (Å²) < 4.78 is 6.59. The highest BCUT2D eigenvalue weighted by molar-refractivity contribution is 7.21. The number of pyridine rings is 2. The standard InChI is InChI=1S/C19H21N5OS/c1-2-6-23(5-1)17-4-3-14(12-20-17)19-22-15-13-21-18(11-16(15)26-19)24-7-9-25-10-8-24/h3-4,11-13H,1-2,5-10H2. The smallest absolute Gasteiger partial charge is 0.130 e. The van der Waals surface area contributed by atoms with E-state index in [0.717, 1.165) is 67.1 Å². The van der Waals surface area contributed by atoms with Gasteiger partial charge in [0.25, 0.3) is 0 Å². The Morgan fingerprint density at radius 3 is 2.42 bits per heavy atom. The zero-order valence-electron chi connectivity index (χ0n) is 14.6. The van der Waals surface area contributed by atoms with Crippen LogP contribution in [0.1, 0.15) is 12.8 Å². The zero-order valence-corrected chi connectivity index (χ0v) is 15.4. The molecule has 3 aromatic rings. The number of hydrogen-bond donors (Lipinski definition) is 0. The van der Waals surface area contributed by atoms with Crippen molar-refractivity contribution in [1.29, 1.82) is 0 Å². The summed E-state index contributed by atoms with van der Waals surface area (Å²) in [6, 6.07) is 6.40. The lowest BCUT2D eigenvalue weighted by atomic mass is 10.3. The summed E-state index contributed by atoms with van der Waals surface area (Å²) in [6.07, 6.45) is 6.35. The van der Waals surface area contributed by atoms with E-state index in [-0.39, 0.29) is 0 Å². The van der Waals surface area contributed by atoms with Crippen LogP contribution in [0.4, 0.5) is 11.6 Å². The Morgan fingerprint density at radius 2 is 1.65 bits per heavy atom. The summed E-state index contributed by atoms with van der Waals surface area (Å²) in [5, 5.41) is 1.00. The maximum atomic E-state index is 5.43. The van der Waals surface area contributed by atoms with Crippen molar-refractivity contribution >= 4 is 33.2 Å². The number of morpholine rings is 1. The summed E-state index contributed by atoms with van der Waals surface area (Å²) in [5.41, 5.74) is 2.02. The number of thiazole rings is 1. The third kappa shape index (κ3) is 3.01. The molecule has 6 nitrogen and oxygen atoms in total. The molecule has 0 aromatic carbocycles. The van der Waals surface area contributed by atoms with Gasteiger partial charge in [0.15, 0.2) is 0 Å². The van der Waals surface area contributed by atoms with Crippen LogP contribution in [0, 0.1) is 0 Å². The number of anilines is 2. The molecule has 0 saturated carbocycles. The average molecular weight is 367 g/mol. The Hall–Kier alpha value is -2.25. The maximum absolute atomic E-state index is 5.43. The number of nitrogens with zero attached hydrogens (tertiary/aromatic N) is 5. The van der Waals surface area contributed by atoms with Crippen molar-refractivity contribution in [2.45, 2.75) is 12.8 Å². The molecule has 2 aliphatic rings. The van der Waals surface area contributed by atoms with Gasteiger partial charge in [0.05, 0.1) is 24.1 Å². The lowest BCUT2D eigenvalue weighted by Gasteiger charge is -2.27. The van der Waals surface area contributed by atoms with Crippen molar-refractivity contribution in [3.05, 3.63) is 30.6 Å². The molecule has 0 bridgehead atoms. The van der Waals surface area contributed by atoms with Gasteiger partial charge in [0.1, 0.15) is 22.2 Å². The summed E-state index contributed by atoms with van der Waals surface area (Å²) >= 11 is 1.70. The highest BCUT2D eigenvalue weighted by atomic mass is 32.1. The van der Waals surface area contributed by atoms with Crippen molar-refractivity contribution in [2.24, 2.45) is 0 Å². The van der Waals surface area contributed by atoms with Gasteiger partial charge in [-0.05, 0) is 25.0 Å². The maximum Gasteiger partial charge on any atom is 0.130 e. The second-order valence-corrected chi connectivity index (χ2v) is 7.76. The molecule has 2 fully saturated rings. The normalized spacial score (nSPS) is 18.0. The number of rotatable bonds is 3. The van der Waals surface area contributed by atoms with E-state index in [1.165, 1.54) is 17.5 Å². The van der Waals surface area contributed by atoms with Gasteiger partial charge in [-0.15, -0.1) is 11.3 Å². The van der Waals surface area contributed by atoms with E-state index in [2.05, 4.69) is 38.0 Å². The summed E-state index contributed by atoms with van der Waals surface area (Å²) in [4.78, 5) is 18.6.